The molecule has 0 bridgehead atoms. The van der Waals surface area contributed by atoms with Gasteiger partial charge in [0.15, 0.2) is 24.6 Å². The van der Waals surface area contributed by atoms with E-state index < -0.39 is 67.3 Å². The van der Waals surface area contributed by atoms with Crippen LogP contribution in [0.25, 0.3) is 0 Å². The van der Waals surface area contributed by atoms with Gasteiger partial charge in [-0.2, -0.15) is 0 Å². The number of rotatable bonds is 43. The molecule has 0 spiro atoms. The molecule has 0 amide bonds. The third kappa shape index (κ3) is 35.6. The van der Waals surface area contributed by atoms with Crippen molar-refractivity contribution in [1.29, 1.82) is 0 Å². The highest BCUT2D eigenvalue weighted by Crippen LogP contribution is 2.26. The van der Waals surface area contributed by atoms with E-state index in [9.17, 15) is 34.5 Å². The van der Waals surface area contributed by atoms with Gasteiger partial charge in [-0.25, -0.2) is 4.79 Å². The molecule has 0 radical (unpaired) electrons. The van der Waals surface area contributed by atoms with Crippen molar-refractivity contribution in [2.45, 2.75) is 237 Å². The second-order valence-corrected chi connectivity index (χ2v) is 17.7. The Labute approximate surface area is 416 Å². The van der Waals surface area contributed by atoms with Gasteiger partial charge in [0.25, 0.3) is 0 Å². The first kappa shape index (κ1) is 62.9. The number of unbranched alkanes of at least 4 members (excludes halogenated alkanes) is 15. The second-order valence-electron chi connectivity index (χ2n) is 17.7. The minimum Gasteiger partial charge on any atom is -0.479 e. The smallest absolute Gasteiger partial charge is 0.335 e. The summed E-state index contributed by atoms with van der Waals surface area (Å²) >= 11 is 0. The van der Waals surface area contributed by atoms with Crippen LogP contribution in [0, 0.1) is 0 Å². The normalized spacial score (nSPS) is 19.3. The van der Waals surface area contributed by atoms with Crippen LogP contribution in [-0.2, 0) is 42.9 Å². The summed E-state index contributed by atoms with van der Waals surface area (Å²) in [5, 5.41) is 31.3. The van der Waals surface area contributed by atoms with Crippen molar-refractivity contribution < 1.29 is 58.2 Å². The number of ether oxygens (including phenoxy) is 5. The number of esters is 3. The maximum Gasteiger partial charge on any atom is 0.335 e. The van der Waals surface area contributed by atoms with Gasteiger partial charge in [0.2, 0.25) is 0 Å². The third-order valence-electron chi connectivity index (χ3n) is 11.4. The molecule has 0 aromatic heterocycles. The lowest BCUT2D eigenvalue weighted by Gasteiger charge is -2.40. The maximum atomic E-state index is 13.1. The highest BCUT2D eigenvalue weighted by Gasteiger charge is 2.50. The number of carbonyl (C=O) groups excluding carboxylic acids is 3. The molecule has 1 aliphatic heterocycles. The number of carboxylic acids is 1. The van der Waals surface area contributed by atoms with Crippen molar-refractivity contribution in [3.63, 3.8) is 0 Å². The zero-order chi connectivity index (χ0) is 50.4. The SMILES string of the molecule is CC/C=C\C/C=C\C/C=C\CCCCCCCC(=O)OCC(COC1OC(C(=O)O)C(O)C(O)C1OC(=O)CCCCC/C=C\C/C=C\C/C=C\CC)OC(=O)CCCCCCC/C=C\CCCC. The number of carboxylic acid groups (broad SMARTS) is 1. The molecule has 6 unspecified atom stereocenters. The Morgan fingerprint density at radius 1 is 0.493 bits per heavy atom. The molecule has 1 rings (SSSR count). The summed E-state index contributed by atoms with van der Waals surface area (Å²) in [4.78, 5) is 50.8. The van der Waals surface area contributed by atoms with Gasteiger partial charge in [0, 0.05) is 19.3 Å². The topological polar surface area (TPSA) is 175 Å². The molecule has 392 valence electrons. The molecule has 0 aromatic rings. The van der Waals surface area contributed by atoms with Crippen LogP contribution >= 0.6 is 0 Å². The Hall–Kier alpha value is -4.10. The van der Waals surface area contributed by atoms with Crippen molar-refractivity contribution in [2.75, 3.05) is 13.2 Å². The van der Waals surface area contributed by atoms with Gasteiger partial charge in [-0.3, -0.25) is 14.4 Å². The van der Waals surface area contributed by atoms with Crippen LogP contribution in [0.1, 0.15) is 201 Å². The first-order valence-electron chi connectivity index (χ1n) is 26.6. The summed E-state index contributed by atoms with van der Waals surface area (Å²) in [6, 6.07) is 0. The van der Waals surface area contributed by atoms with E-state index in [4.69, 9.17) is 23.7 Å². The molecular weight excluding hydrogens is 877 g/mol. The summed E-state index contributed by atoms with van der Waals surface area (Å²) in [6.07, 6.45) is 44.3. The molecule has 69 heavy (non-hydrogen) atoms. The Morgan fingerprint density at radius 3 is 1.42 bits per heavy atom. The molecule has 3 N–H and O–H groups in total. The Morgan fingerprint density at radius 2 is 0.913 bits per heavy atom. The van der Waals surface area contributed by atoms with Crippen LogP contribution in [0.4, 0.5) is 0 Å². The van der Waals surface area contributed by atoms with Crippen LogP contribution in [-0.4, -0.2) is 89.2 Å². The first-order chi connectivity index (χ1) is 33.6. The van der Waals surface area contributed by atoms with E-state index in [-0.39, 0.29) is 25.9 Å². The molecule has 1 aliphatic rings. The number of aliphatic carboxylic acids is 1. The predicted octanol–water partition coefficient (Wildman–Crippen LogP) is 12.8. The Kier molecular flexibility index (Phi) is 41.1. The highest BCUT2D eigenvalue weighted by atomic mass is 16.7. The molecule has 0 aromatic carbocycles. The van der Waals surface area contributed by atoms with Crippen LogP contribution in [0.5, 0.6) is 0 Å². The summed E-state index contributed by atoms with van der Waals surface area (Å²) in [5.74, 6) is -3.21. The van der Waals surface area contributed by atoms with E-state index >= 15 is 0 Å². The second kappa shape index (κ2) is 45.1. The van der Waals surface area contributed by atoms with Gasteiger partial charge >= 0.3 is 23.9 Å². The van der Waals surface area contributed by atoms with Gasteiger partial charge in [0.1, 0.15) is 18.8 Å². The number of aliphatic hydroxyl groups excluding tert-OH is 2. The fourth-order valence-corrected chi connectivity index (χ4v) is 7.38. The van der Waals surface area contributed by atoms with Gasteiger partial charge in [0.05, 0.1) is 6.61 Å². The van der Waals surface area contributed by atoms with E-state index in [0.717, 1.165) is 128 Å². The van der Waals surface area contributed by atoms with E-state index in [2.05, 4.69) is 106 Å². The molecule has 1 fully saturated rings. The molecule has 12 nitrogen and oxygen atoms in total. The molecule has 0 saturated carbocycles. The number of hydrogen-bond acceptors (Lipinski definition) is 11. The fraction of sp³-hybridized carbons (Fsp3) is 0.684. The summed E-state index contributed by atoms with van der Waals surface area (Å²) in [7, 11) is 0. The monoisotopic (exact) mass is 969 g/mol. The zero-order valence-corrected chi connectivity index (χ0v) is 42.8. The standard InChI is InChI=1S/C57H92O12/c1-4-7-10-13-16-19-22-24-25-27-29-31-34-37-40-43-49(58)65-46-48(67-50(59)44-41-38-35-32-28-21-18-15-12-9-6-3)47-66-57-55(53(62)52(61)54(69-57)56(63)64)68-51(60)45-42-39-36-33-30-26-23-20-17-14-11-8-5-2/h7-8,10-11,15-20,24-26,30,48,52-55,57,61-62H,4-6,9,12-14,21-23,27-29,31-47H2,1-3H3,(H,63,64)/b10-7-,11-8-,18-15-,19-16-,20-17-,25-24-,30-26-. The van der Waals surface area contributed by atoms with Gasteiger partial charge in [-0.05, 0) is 103 Å². The van der Waals surface area contributed by atoms with E-state index in [1.807, 2.05) is 0 Å². The first-order valence-corrected chi connectivity index (χ1v) is 26.6. The van der Waals surface area contributed by atoms with Crippen molar-refractivity contribution >= 4 is 23.9 Å². The van der Waals surface area contributed by atoms with Gasteiger partial charge in [-0.1, -0.05) is 164 Å². The fourth-order valence-electron chi connectivity index (χ4n) is 7.38. The summed E-state index contributed by atoms with van der Waals surface area (Å²) in [5.41, 5.74) is 0. The number of aliphatic hydroxyl groups is 2. The van der Waals surface area contributed by atoms with E-state index in [1.165, 1.54) is 12.8 Å². The zero-order valence-electron chi connectivity index (χ0n) is 42.8. The van der Waals surface area contributed by atoms with Gasteiger partial charge in [-0.15, -0.1) is 0 Å². The Balaban J connectivity index is 2.76. The van der Waals surface area contributed by atoms with Crippen LogP contribution < -0.4 is 0 Å². The lowest BCUT2D eigenvalue weighted by atomic mass is 9.98. The molecule has 12 heteroatoms. The molecule has 6 atom stereocenters. The van der Waals surface area contributed by atoms with E-state index in [1.54, 1.807) is 0 Å². The van der Waals surface area contributed by atoms with E-state index in [0.29, 0.717) is 19.3 Å². The number of hydrogen-bond donors (Lipinski definition) is 3. The van der Waals surface area contributed by atoms with Crippen LogP contribution in [0.3, 0.4) is 0 Å². The van der Waals surface area contributed by atoms with Crippen molar-refractivity contribution in [3.8, 4) is 0 Å². The van der Waals surface area contributed by atoms with Gasteiger partial charge < -0.3 is 39.0 Å². The molecule has 0 aliphatic carbocycles. The highest BCUT2D eigenvalue weighted by molar-refractivity contribution is 5.74. The lowest BCUT2D eigenvalue weighted by molar-refractivity contribution is -0.301. The molecule has 1 saturated heterocycles. The average molecular weight is 969 g/mol. The lowest BCUT2D eigenvalue weighted by Crippen LogP contribution is -2.61. The predicted molar refractivity (Wildman–Crippen MR) is 275 cm³/mol. The Bertz CT molecular complexity index is 1530. The largest absolute Gasteiger partial charge is 0.479 e. The van der Waals surface area contributed by atoms with Crippen molar-refractivity contribution in [1.82, 2.24) is 0 Å². The quantitative estimate of drug-likeness (QED) is 0.0229. The average Bonchev–Trinajstić information content (AvgIpc) is 3.33. The third-order valence-corrected chi connectivity index (χ3v) is 11.4. The maximum absolute atomic E-state index is 13.1. The molecule has 1 heterocycles. The minimum atomic E-state index is -1.92. The van der Waals surface area contributed by atoms with Crippen LogP contribution in [0.2, 0.25) is 0 Å². The molecular formula is C57H92O12. The number of allylic oxidation sites excluding steroid dienone is 14. The van der Waals surface area contributed by atoms with Crippen molar-refractivity contribution in [2.24, 2.45) is 0 Å². The minimum absolute atomic E-state index is 0.0194. The summed E-state index contributed by atoms with van der Waals surface area (Å²) in [6.45, 7) is 5.65. The summed E-state index contributed by atoms with van der Waals surface area (Å²) < 4.78 is 28.2. The van der Waals surface area contributed by atoms with Crippen molar-refractivity contribution in [3.05, 3.63) is 85.1 Å². The van der Waals surface area contributed by atoms with Crippen LogP contribution in [0.15, 0.2) is 85.1 Å². The number of carbonyl (C=O) groups is 4.